The van der Waals surface area contributed by atoms with E-state index in [0.29, 0.717) is 41.8 Å². The number of fused-ring (bicyclic) bond motifs is 1. The predicted molar refractivity (Wildman–Crippen MR) is 113 cm³/mol. The highest BCUT2D eigenvalue weighted by molar-refractivity contribution is 7.09. The third kappa shape index (κ3) is 3.64. The molecule has 5 rings (SSSR count). The molecule has 2 aromatic carbocycles. The molecule has 4 aromatic rings. The number of hydrogen-bond acceptors (Lipinski definition) is 6. The van der Waals surface area contributed by atoms with Gasteiger partial charge in [-0.2, -0.15) is 0 Å². The fraction of sp³-hybridized carbons (Fsp3) is 0.227. The molecule has 0 amide bonds. The molecule has 0 bridgehead atoms. The molecule has 0 N–H and O–H groups in total. The number of thiazole rings is 1. The summed E-state index contributed by atoms with van der Waals surface area (Å²) < 4.78 is 34.6. The standard InChI is InChI=1S/C22H18F2N4OS/c23-18-10-14(11-20-25-3-8-30-20)9-17(21(18)24)22-16-2-1-15(12-19(16)26-13-27-22)28-4-6-29-7-5-28/h1-3,8-10,12-13H,4-7,11H2. The van der Waals surface area contributed by atoms with E-state index >= 15 is 0 Å². The molecule has 0 unspecified atom stereocenters. The van der Waals surface area contributed by atoms with Gasteiger partial charge in [-0.05, 0) is 35.9 Å². The number of halogens is 2. The van der Waals surface area contributed by atoms with Gasteiger partial charge in [-0.3, -0.25) is 0 Å². The average Bonchev–Trinajstić information content (AvgIpc) is 3.29. The first kappa shape index (κ1) is 19.0. The van der Waals surface area contributed by atoms with Crippen LogP contribution in [0.1, 0.15) is 10.6 Å². The SMILES string of the molecule is Fc1cc(Cc2nccs2)cc(-c2ncnc3cc(N4CCOCC4)ccc23)c1F. The number of hydrogen-bond donors (Lipinski definition) is 0. The lowest BCUT2D eigenvalue weighted by Crippen LogP contribution is -2.36. The van der Waals surface area contributed by atoms with Crippen LogP contribution in [-0.2, 0) is 11.2 Å². The molecule has 1 saturated heterocycles. The van der Waals surface area contributed by atoms with Crippen LogP contribution in [0, 0.1) is 11.6 Å². The Balaban J connectivity index is 1.57. The zero-order valence-corrected chi connectivity index (χ0v) is 16.8. The van der Waals surface area contributed by atoms with Crippen molar-refractivity contribution in [2.75, 3.05) is 31.2 Å². The van der Waals surface area contributed by atoms with Crippen molar-refractivity contribution in [2.45, 2.75) is 6.42 Å². The number of nitrogens with zero attached hydrogens (tertiary/aromatic N) is 4. The van der Waals surface area contributed by atoms with Crippen LogP contribution in [0.3, 0.4) is 0 Å². The van der Waals surface area contributed by atoms with Crippen molar-refractivity contribution in [3.8, 4) is 11.3 Å². The Morgan fingerprint density at radius 3 is 2.70 bits per heavy atom. The molecule has 30 heavy (non-hydrogen) atoms. The summed E-state index contributed by atoms with van der Waals surface area (Å²) in [4.78, 5) is 15.1. The van der Waals surface area contributed by atoms with Gasteiger partial charge in [0, 0.05) is 47.7 Å². The highest BCUT2D eigenvalue weighted by Crippen LogP contribution is 2.32. The Morgan fingerprint density at radius 1 is 1.03 bits per heavy atom. The summed E-state index contributed by atoms with van der Waals surface area (Å²) in [5.41, 5.74) is 2.88. The Morgan fingerprint density at radius 2 is 1.90 bits per heavy atom. The largest absolute Gasteiger partial charge is 0.378 e. The van der Waals surface area contributed by atoms with Gasteiger partial charge in [0.05, 0.1) is 29.4 Å². The van der Waals surface area contributed by atoms with Crippen molar-refractivity contribution in [3.63, 3.8) is 0 Å². The van der Waals surface area contributed by atoms with E-state index in [-0.39, 0.29) is 5.56 Å². The lowest BCUT2D eigenvalue weighted by molar-refractivity contribution is 0.122. The van der Waals surface area contributed by atoms with E-state index in [0.717, 1.165) is 23.8 Å². The van der Waals surface area contributed by atoms with Gasteiger partial charge in [-0.1, -0.05) is 0 Å². The Kier molecular flexibility index (Phi) is 5.10. The molecule has 1 aliphatic rings. The molecule has 0 aliphatic carbocycles. The Labute approximate surface area is 176 Å². The average molecular weight is 424 g/mol. The molecule has 1 aliphatic heterocycles. The third-order valence-electron chi connectivity index (χ3n) is 5.18. The van der Waals surface area contributed by atoms with Crippen LogP contribution in [-0.4, -0.2) is 41.3 Å². The lowest BCUT2D eigenvalue weighted by atomic mass is 10.0. The van der Waals surface area contributed by atoms with E-state index in [1.54, 1.807) is 12.3 Å². The van der Waals surface area contributed by atoms with Crippen LogP contribution in [0.5, 0.6) is 0 Å². The van der Waals surface area contributed by atoms with Gasteiger partial charge in [-0.25, -0.2) is 23.7 Å². The number of anilines is 1. The summed E-state index contributed by atoms with van der Waals surface area (Å²) in [6, 6.07) is 8.67. The molecular weight excluding hydrogens is 406 g/mol. The second-order valence-corrected chi connectivity index (χ2v) is 8.04. The van der Waals surface area contributed by atoms with E-state index in [2.05, 4.69) is 19.9 Å². The Bertz CT molecular complexity index is 1190. The maximum atomic E-state index is 14.8. The molecule has 0 saturated carbocycles. The van der Waals surface area contributed by atoms with Gasteiger partial charge in [0.2, 0.25) is 0 Å². The van der Waals surface area contributed by atoms with Crippen LogP contribution in [0.15, 0.2) is 48.2 Å². The quantitative estimate of drug-likeness (QED) is 0.484. The van der Waals surface area contributed by atoms with Crippen molar-refractivity contribution < 1.29 is 13.5 Å². The molecule has 3 heterocycles. The number of morpholine rings is 1. The molecular formula is C22H18F2N4OS. The topological polar surface area (TPSA) is 51.1 Å². The Hall–Kier alpha value is -2.97. The first-order chi connectivity index (χ1) is 14.7. The lowest BCUT2D eigenvalue weighted by Gasteiger charge is -2.29. The van der Waals surface area contributed by atoms with Gasteiger partial charge >= 0.3 is 0 Å². The summed E-state index contributed by atoms with van der Waals surface area (Å²) in [5.74, 6) is -1.80. The van der Waals surface area contributed by atoms with Crippen molar-refractivity contribution in [1.82, 2.24) is 15.0 Å². The van der Waals surface area contributed by atoms with Gasteiger partial charge in [-0.15, -0.1) is 11.3 Å². The second-order valence-electron chi connectivity index (χ2n) is 7.06. The fourth-order valence-electron chi connectivity index (χ4n) is 3.71. The zero-order valence-electron chi connectivity index (χ0n) is 16.0. The van der Waals surface area contributed by atoms with Crippen LogP contribution >= 0.6 is 11.3 Å². The minimum Gasteiger partial charge on any atom is -0.378 e. The molecule has 0 spiro atoms. The maximum absolute atomic E-state index is 14.8. The number of ether oxygens (including phenoxy) is 1. The van der Waals surface area contributed by atoms with Crippen molar-refractivity contribution >= 4 is 27.9 Å². The van der Waals surface area contributed by atoms with Gasteiger partial charge < -0.3 is 9.64 Å². The summed E-state index contributed by atoms with van der Waals surface area (Å²) >= 11 is 1.48. The zero-order chi connectivity index (χ0) is 20.5. The van der Waals surface area contributed by atoms with Crippen molar-refractivity contribution in [1.29, 1.82) is 0 Å². The highest BCUT2D eigenvalue weighted by Gasteiger charge is 2.18. The van der Waals surface area contributed by atoms with Crippen LogP contribution in [0.25, 0.3) is 22.2 Å². The summed E-state index contributed by atoms with van der Waals surface area (Å²) in [5, 5.41) is 3.38. The van der Waals surface area contributed by atoms with Gasteiger partial charge in [0.15, 0.2) is 11.6 Å². The van der Waals surface area contributed by atoms with Gasteiger partial charge in [0.25, 0.3) is 0 Å². The van der Waals surface area contributed by atoms with E-state index in [4.69, 9.17) is 4.74 Å². The van der Waals surface area contributed by atoms with Crippen LogP contribution in [0.4, 0.5) is 14.5 Å². The number of rotatable bonds is 4. The second kappa shape index (κ2) is 8.04. The maximum Gasteiger partial charge on any atom is 0.168 e. The monoisotopic (exact) mass is 424 g/mol. The first-order valence-corrected chi connectivity index (χ1v) is 10.5. The molecule has 8 heteroatoms. The molecule has 152 valence electrons. The molecule has 1 fully saturated rings. The minimum atomic E-state index is -0.907. The van der Waals surface area contributed by atoms with Crippen molar-refractivity contribution in [3.05, 3.63) is 70.4 Å². The van der Waals surface area contributed by atoms with Crippen LogP contribution in [0.2, 0.25) is 0 Å². The van der Waals surface area contributed by atoms with E-state index in [9.17, 15) is 8.78 Å². The van der Waals surface area contributed by atoms with E-state index < -0.39 is 11.6 Å². The normalized spacial score (nSPS) is 14.4. The number of benzene rings is 2. The molecule has 0 radical (unpaired) electrons. The fourth-order valence-corrected chi connectivity index (χ4v) is 4.36. The summed E-state index contributed by atoms with van der Waals surface area (Å²) in [6.45, 7) is 2.98. The summed E-state index contributed by atoms with van der Waals surface area (Å²) in [6.07, 6.45) is 3.53. The minimum absolute atomic E-state index is 0.132. The van der Waals surface area contributed by atoms with Crippen molar-refractivity contribution in [2.24, 2.45) is 0 Å². The smallest absolute Gasteiger partial charge is 0.168 e. The summed E-state index contributed by atoms with van der Waals surface area (Å²) in [7, 11) is 0. The van der Waals surface area contributed by atoms with E-state index in [1.807, 2.05) is 23.6 Å². The number of aromatic nitrogens is 3. The van der Waals surface area contributed by atoms with Gasteiger partial charge in [0.1, 0.15) is 6.33 Å². The molecule has 5 nitrogen and oxygen atoms in total. The van der Waals surface area contributed by atoms with E-state index in [1.165, 1.54) is 23.7 Å². The highest BCUT2D eigenvalue weighted by atomic mass is 32.1. The molecule has 0 atom stereocenters. The first-order valence-electron chi connectivity index (χ1n) is 9.63. The predicted octanol–water partition coefficient (Wildman–Crippen LogP) is 4.46. The van der Waals surface area contributed by atoms with Crippen LogP contribution < -0.4 is 4.90 Å². The molecule has 2 aromatic heterocycles. The third-order valence-corrected chi connectivity index (χ3v) is 5.96.